The van der Waals surface area contributed by atoms with Crippen molar-refractivity contribution in [3.8, 4) is 0 Å². The molecule has 1 aliphatic rings. The topological polar surface area (TPSA) is 81.1 Å². The number of anilines is 2. The Morgan fingerprint density at radius 3 is 2.82 bits per heavy atom. The van der Waals surface area contributed by atoms with E-state index in [0.717, 1.165) is 18.2 Å². The van der Waals surface area contributed by atoms with E-state index in [1.807, 2.05) is 0 Å². The Kier molecular flexibility index (Phi) is 3.22. The van der Waals surface area contributed by atoms with Gasteiger partial charge in [0.2, 0.25) is 5.91 Å². The molecule has 0 heterocycles. The van der Waals surface area contributed by atoms with Crippen LogP contribution in [0, 0.1) is 11.8 Å². The third-order valence-electron chi connectivity index (χ3n) is 3.38. The molecule has 17 heavy (non-hydrogen) atoms. The molecule has 5 N–H and O–H groups in total. The highest BCUT2D eigenvalue weighted by Gasteiger charge is 2.27. The van der Waals surface area contributed by atoms with E-state index in [1.165, 1.54) is 12.8 Å². The van der Waals surface area contributed by atoms with Crippen LogP contribution in [0.4, 0.5) is 11.4 Å². The molecule has 1 saturated carbocycles. The van der Waals surface area contributed by atoms with Gasteiger partial charge in [0.25, 0.3) is 0 Å². The number of primary amides is 1. The minimum atomic E-state index is -0.428. The Bertz CT molecular complexity index is 427. The maximum absolute atomic E-state index is 11.1. The van der Waals surface area contributed by atoms with Crippen LogP contribution in [-0.4, -0.2) is 12.5 Å². The normalized spacial score (nSPS) is 16.5. The average molecular weight is 233 g/mol. The first-order valence-electron chi connectivity index (χ1n) is 6.01. The molecule has 0 aromatic heterocycles. The highest BCUT2D eigenvalue weighted by Crippen LogP contribution is 2.36. The van der Waals surface area contributed by atoms with Gasteiger partial charge in [-0.3, -0.25) is 4.79 Å². The van der Waals surface area contributed by atoms with Crippen molar-refractivity contribution in [3.05, 3.63) is 23.8 Å². The second kappa shape index (κ2) is 4.65. The van der Waals surface area contributed by atoms with Crippen LogP contribution in [0.2, 0.25) is 0 Å². The fourth-order valence-electron chi connectivity index (χ4n) is 1.97. The third-order valence-corrected chi connectivity index (χ3v) is 3.38. The van der Waals surface area contributed by atoms with E-state index in [1.54, 1.807) is 18.2 Å². The largest absolute Gasteiger partial charge is 0.397 e. The molecule has 0 bridgehead atoms. The molecule has 0 aliphatic heterocycles. The van der Waals surface area contributed by atoms with Gasteiger partial charge in [-0.2, -0.15) is 0 Å². The SMILES string of the molecule is CC(CNc1cc(C(N)=O)ccc1N)C1CC1. The van der Waals surface area contributed by atoms with Crippen molar-refractivity contribution in [1.29, 1.82) is 0 Å². The summed E-state index contributed by atoms with van der Waals surface area (Å²) < 4.78 is 0. The Morgan fingerprint density at radius 1 is 1.53 bits per heavy atom. The van der Waals surface area contributed by atoms with Crippen LogP contribution >= 0.6 is 0 Å². The van der Waals surface area contributed by atoms with Crippen molar-refractivity contribution < 1.29 is 4.79 Å². The number of amides is 1. The molecule has 4 nitrogen and oxygen atoms in total. The lowest BCUT2D eigenvalue weighted by molar-refractivity contribution is 0.100. The molecule has 4 heteroatoms. The molecule has 1 amide bonds. The molecule has 0 saturated heterocycles. The fourth-order valence-corrected chi connectivity index (χ4v) is 1.97. The van der Waals surface area contributed by atoms with Crippen LogP contribution in [0.3, 0.4) is 0 Å². The van der Waals surface area contributed by atoms with E-state index < -0.39 is 5.91 Å². The van der Waals surface area contributed by atoms with Gasteiger partial charge in [0.15, 0.2) is 0 Å². The summed E-state index contributed by atoms with van der Waals surface area (Å²) >= 11 is 0. The van der Waals surface area contributed by atoms with Crippen LogP contribution in [0.1, 0.15) is 30.1 Å². The summed E-state index contributed by atoms with van der Waals surface area (Å²) in [5.41, 5.74) is 13.0. The standard InChI is InChI=1S/C13H19N3O/c1-8(9-2-3-9)7-16-12-6-10(13(15)17)4-5-11(12)14/h4-6,8-9,16H,2-3,7,14H2,1H3,(H2,15,17). The second-order valence-electron chi connectivity index (χ2n) is 4.86. The van der Waals surface area contributed by atoms with Crippen LogP contribution in [-0.2, 0) is 0 Å². The summed E-state index contributed by atoms with van der Waals surface area (Å²) in [4.78, 5) is 11.1. The van der Waals surface area contributed by atoms with Crippen molar-refractivity contribution in [2.75, 3.05) is 17.6 Å². The molecule has 92 valence electrons. The number of nitrogens with two attached hydrogens (primary N) is 2. The van der Waals surface area contributed by atoms with Crippen LogP contribution in [0.15, 0.2) is 18.2 Å². The van der Waals surface area contributed by atoms with Crippen molar-refractivity contribution >= 4 is 17.3 Å². The molecule has 1 unspecified atom stereocenters. The van der Waals surface area contributed by atoms with Crippen molar-refractivity contribution in [3.63, 3.8) is 0 Å². The first-order chi connectivity index (χ1) is 8.08. The van der Waals surface area contributed by atoms with E-state index in [4.69, 9.17) is 11.5 Å². The summed E-state index contributed by atoms with van der Waals surface area (Å²) in [5, 5.41) is 3.30. The quantitative estimate of drug-likeness (QED) is 0.678. The average Bonchev–Trinajstić information content (AvgIpc) is 3.11. The lowest BCUT2D eigenvalue weighted by Crippen LogP contribution is -2.15. The van der Waals surface area contributed by atoms with Gasteiger partial charge >= 0.3 is 0 Å². The molecule has 0 radical (unpaired) electrons. The minimum Gasteiger partial charge on any atom is -0.397 e. The van der Waals surface area contributed by atoms with E-state index in [-0.39, 0.29) is 0 Å². The number of carbonyl (C=O) groups is 1. The Morgan fingerprint density at radius 2 is 2.24 bits per heavy atom. The van der Waals surface area contributed by atoms with Crippen molar-refractivity contribution in [1.82, 2.24) is 0 Å². The van der Waals surface area contributed by atoms with E-state index >= 15 is 0 Å². The molecule has 0 spiro atoms. The van der Waals surface area contributed by atoms with E-state index in [0.29, 0.717) is 17.2 Å². The summed E-state index contributed by atoms with van der Waals surface area (Å²) in [6, 6.07) is 5.08. The number of benzene rings is 1. The van der Waals surface area contributed by atoms with Crippen molar-refractivity contribution in [2.45, 2.75) is 19.8 Å². The number of hydrogen-bond acceptors (Lipinski definition) is 3. The Hall–Kier alpha value is -1.71. The Labute approximate surface area is 101 Å². The first-order valence-corrected chi connectivity index (χ1v) is 6.01. The third kappa shape index (κ3) is 2.90. The number of rotatable bonds is 5. The van der Waals surface area contributed by atoms with Gasteiger partial charge in [0, 0.05) is 12.1 Å². The van der Waals surface area contributed by atoms with Gasteiger partial charge < -0.3 is 16.8 Å². The molecular weight excluding hydrogens is 214 g/mol. The van der Waals surface area contributed by atoms with Gasteiger partial charge in [0.1, 0.15) is 0 Å². The van der Waals surface area contributed by atoms with Gasteiger partial charge in [-0.1, -0.05) is 6.92 Å². The highest BCUT2D eigenvalue weighted by molar-refractivity contribution is 5.94. The molecule has 2 rings (SSSR count). The lowest BCUT2D eigenvalue weighted by Gasteiger charge is -2.14. The summed E-state index contributed by atoms with van der Waals surface area (Å²) in [7, 11) is 0. The highest BCUT2D eigenvalue weighted by atomic mass is 16.1. The lowest BCUT2D eigenvalue weighted by atomic mass is 10.1. The fraction of sp³-hybridized carbons (Fsp3) is 0.462. The number of nitrogens with one attached hydrogen (secondary N) is 1. The number of hydrogen-bond donors (Lipinski definition) is 3. The van der Waals surface area contributed by atoms with Gasteiger partial charge in [-0.05, 0) is 42.9 Å². The maximum atomic E-state index is 11.1. The van der Waals surface area contributed by atoms with Gasteiger partial charge in [-0.15, -0.1) is 0 Å². The molecular formula is C13H19N3O. The van der Waals surface area contributed by atoms with Gasteiger partial charge in [-0.25, -0.2) is 0 Å². The molecule has 1 aromatic carbocycles. The first kappa shape index (κ1) is 11.8. The predicted octanol–water partition coefficient (Wildman–Crippen LogP) is 1.83. The summed E-state index contributed by atoms with van der Waals surface area (Å²) in [5.74, 6) is 1.07. The van der Waals surface area contributed by atoms with Crippen LogP contribution in [0.5, 0.6) is 0 Å². The number of carbonyl (C=O) groups excluding carboxylic acids is 1. The van der Waals surface area contributed by atoms with E-state index in [2.05, 4.69) is 12.2 Å². The minimum absolute atomic E-state index is 0.428. The molecule has 1 atom stereocenters. The van der Waals surface area contributed by atoms with Crippen molar-refractivity contribution in [2.24, 2.45) is 17.6 Å². The van der Waals surface area contributed by atoms with Crippen LogP contribution in [0.25, 0.3) is 0 Å². The monoisotopic (exact) mass is 233 g/mol. The van der Waals surface area contributed by atoms with Gasteiger partial charge in [0.05, 0.1) is 11.4 Å². The second-order valence-corrected chi connectivity index (χ2v) is 4.86. The molecule has 1 fully saturated rings. The predicted molar refractivity (Wildman–Crippen MR) is 69.8 cm³/mol. The zero-order valence-electron chi connectivity index (χ0n) is 10.1. The zero-order valence-corrected chi connectivity index (χ0v) is 10.1. The van der Waals surface area contributed by atoms with Crippen LogP contribution < -0.4 is 16.8 Å². The molecule has 1 aromatic rings. The molecule has 1 aliphatic carbocycles. The van der Waals surface area contributed by atoms with E-state index in [9.17, 15) is 4.79 Å². The summed E-state index contributed by atoms with van der Waals surface area (Å²) in [6.07, 6.45) is 2.67. The zero-order chi connectivity index (χ0) is 12.4. The maximum Gasteiger partial charge on any atom is 0.248 e. The Balaban J connectivity index is 2.02. The number of nitrogen functional groups attached to an aromatic ring is 1. The summed E-state index contributed by atoms with van der Waals surface area (Å²) in [6.45, 7) is 3.12. The smallest absolute Gasteiger partial charge is 0.248 e.